The minimum absolute atomic E-state index is 0.0287. The standard InChI is InChI=1S/C25H23F3N4O3/c1-4-14-12-16(23(34)32(2)3)8-10-18(14)30-24-29-13-17(25(26,27)28)22(31-24)35-20-7-5-6-15-9-11-19(33)21(15)20/h5-8,10,12-13H,4,9,11H2,1-3H3,(H,29,30,31). The van der Waals surface area contributed by atoms with Crippen LogP contribution in [0.25, 0.3) is 0 Å². The lowest BCUT2D eigenvalue weighted by molar-refractivity contribution is -0.139. The number of nitrogens with one attached hydrogen (secondary N) is 1. The number of rotatable bonds is 6. The van der Waals surface area contributed by atoms with Crippen molar-refractivity contribution >= 4 is 23.3 Å². The van der Waals surface area contributed by atoms with E-state index in [0.717, 1.165) is 11.1 Å². The Morgan fingerprint density at radius 2 is 1.94 bits per heavy atom. The third-order valence-corrected chi connectivity index (χ3v) is 5.66. The number of aryl methyl sites for hydroxylation is 2. The number of fused-ring (bicyclic) bond motifs is 1. The average molecular weight is 484 g/mol. The zero-order valence-corrected chi connectivity index (χ0v) is 19.4. The van der Waals surface area contributed by atoms with E-state index < -0.39 is 17.6 Å². The van der Waals surface area contributed by atoms with Crippen LogP contribution in [0, 0.1) is 0 Å². The van der Waals surface area contributed by atoms with Gasteiger partial charge in [0.2, 0.25) is 11.8 Å². The van der Waals surface area contributed by atoms with Crippen molar-refractivity contribution in [1.29, 1.82) is 0 Å². The van der Waals surface area contributed by atoms with E-state index in [1.807, 2.05) is 6.92 Å². The molecular formula is C25H23F3N4O3. The molecule has 1 heterocycles. The van der Waals surface area contributed by atoms with E-state index in [-0.39, 0.29) is 35.4 Å². The number of ether oxygens (including phenoxy) is 1. The summed E-state index contributed by atoms with van der Waals surface area (Å²) in [6, 6.07) is 9.81. The highest BCUT2D eigenvalue weighted by Gasteiger charge is 2.37. The molecule has 0 aliphatic heterocycles. The molecule has 0 fully saturated rings. The number of hydrogen-bond acceptors (Lipinski definition) is 6. The van der Waals surface area contributed by atoms with Crippen molar-refractivity contribution in [2.75, 3.05) is 19.4 Å². The van der Waals surface area contributed by atoms with E-state index >= 15 is 0 Å². The SMILES string of the molecule is CCc1cc(C(=O)N(C)C)ccc1Nc1ncc(C(F)(F)F)c(Oc2cccc3c2C(=O)CC3)n1. The lowest BCUT2D eigenvalue weighted by Gasteiger charge is -2.17. The first-order valence-electron chi connectivity index (χ1n) is 11.0. The van der Waals surface area contributed by atoms with E-state index in [2.05, 4.69) is 15.3 Å². The Labute approximate surface area is 200 Å². The quantitative estimate of drug-likeness (QED) is 0.503. The molecular weight excluding hydrogens is 461 g/mol. The van der Waals surface area contributed by atoms with Crippen molar-refractivity contribution in [1.82, 2.24) is 14.9 Å². The summed E-state index contributed by atoms with van der Waals surface area (Å²) in [5, 5.41) is 2.92. The number of ketones is 1. The normalized spacial score (nSPS) is 12.9. The van der Waals surface area contributed by atoms with E-state index in [4.69, 9.17) is 4.74 Å². The molecule has 7 nitrogen and oxygen atoms in total. The van der Waals surface area contributed by atoms with Crippen molar-refractivity contribution < 1.29 is 27.5 Å². The van der Waals surface area contributed by atoms with Crippen LogP contribution in [0.3, 0.4) is 0 Å². The molecule has 4 rings (SSSR count). The first-order valence-corrected chi connectivity index (χ1v) is 11.0. The molecule has 182 valence electrons. The molecule has 10 heteroatoms. The molecule has 0 unspecified atom stereocenters. The lowest BCUT2D eigenvalue weighted by atomic mass is 10.1. The van der Waals surface area contributed by atoms with Crippen LogP contribution in [-0.2, 0) is 19.0 Å². The fraction of sp³-hybridized carbons (Fsp3) is 0.280. The zero-order valence-electron chi connectivity index (χ0n) is 19.4. The monoisotopic (exact) mass is 484 g/mol. The topological polar surface area (TPSA) is 84.4 Å². The van der Waals surface area contributed by atoms with Crippen molar-refractivity contribution in [3.05, 3.63) is 70.4 Å². The lowest BCUT2D eigenvalue weighted by Crippen LogP contribution is -2.21. The summed E-state index contributed by atoms with van der Waals surface area (Å²) in [6.45, 7) is 1.89. The average Bonchev–Trinajstić information content (AvgIpc) is 3.20. The van der Waals surface area contributed by atoms with Crippen LogP contribution in [0.5, 0.6) is 11.6 Å². The minimum atomic E-state index is -4.77. The molecule has 0 atom stereocenters. The Hall–Kier alpha value is -3.95. The third kappa shape index (κ3) is 4.96. The van der Waals surface area contributed by atoms with Crippen LogP contribution in [0.1, 0.15) is 50.8 Å². The van der Waals surface area contributed by atoms with E-state index in [9.17, 15) is 22.8 Å². The predicted molar refractivity (Wildman–Crippen MR) is 123 cm³/mol. The van der Waals surface area contributed by atoms with Gasteiger partial charge in [0.05, 0.1) is 5.56 Å². The fourth-order valence-electron chi connectivity index (χ4n) is 3.88. The minimum Gasteiger partial charge on any atom is -0.437 e. The second-order valence-electron chi connectivity index (χ2n) is 8.28. The van der Waals surface area contributed by atoms with Crippen LogP contribution in [0.15, 0.2) is 42.6 Å². The van der Waals surface area contributed by atoms with Gasteiger partial charge in [-0.3, -0.25) is 9.59 Å². The Morgan fingerprint density at radius 3 is 2.63 bits per heavy atom. The van der Waals surface area contributed by atoms with E-state index in [0.29, 0.717) is 30.3 Å². The highest BCUT2D eigenvalue weighted by atomic mass is 19.4. The zero-order chi connectivity index (χ0) is 25.3. The maximum absolute atomic E-state index is 13.7. The van der Waals surface area contributed by atoms with Crippen molar-refractivity contribution in [3.8, 4) is 11.6 Å². The number of halogens is 3. The first-order chi connectivity index (χ1) is 16.6. The van der Waals surface area contributed by atoms with Gasteiger partial charge < -0.3 is 15.0 Å². The number of alkyl halides is 3. The highest BCUT2D eigenvalue weighted by Crippen LogP contribution is 2.39. The molecule has 0 bridgehead atoms. The molecule has 3 aromatic rings. The van der Waals surface area contributed by atoms with Gasteiger partial charge in [0.1, 0.15) is 11.3 Å². The largest absolute Gasteiger partial charge is 0.437 e. The second-order valence-corrected chi connectivity index (χ2v) is 8.28. The van der Waals surface area contributed by atoms with Crippen LogP contribution >= 0.6 is 0 Å². The first kappa shape index (κ1) is 24.2. The number of carbonyl (C=O) groups excluding carboxylic acids is 2. The molecule has 0 saturated carbocycles. The number of carbonyl (C=O) groups is 2. The second kappa shape index (κ2) is 9.36. The predicted octanol–water partition coefficient (Wildman–Crippen LogP) is 5.42. The maximum atomic E-state index is 13.7. The number of benzene rings is 2. The summed E-state index contributed by atoms with van der Waals surface area (Å²) in [7, 11) is 3.29. The van der Waals surface area contributed by atoms with Crippen molar-refractivity contribution in [2.24, 2.45) is 0 Å². The Bertz CT molecular complexity index is 1310. The Morgan fingerprint density at radius 1 is 1.17 bits per heavy atom. The molecule has 1 amide bonds. The van der Waals surface area contributed by atoms with Gasteiger partial charge in [-0.25, -0.2) is 4.98 Å². The number of Topliss-reactive ketones (excluding diaryl/α,β-unsaturated/α-hetero) is 1. The third-order valence-electron chi connectivity index (χ3n) is 5.66. The number of anilines is 2. The molecule has 1 aromatic heterocycles. The van der Waals surface area contributed by atoms with Gasteiger partial charge in [-0.05, 0) is 48.2 Å². The van der Waals surface area contributed by atoms with Gasteiger partial charge in [0.15, 0.2) is 5.78 Å². The smallest absolute Gasteiger partial charge is 0.423 e. The number of amides is 1. The molecule has 35 heavy (non-hydrogen) atoms. The van der Waals surface area contributed by atoms with Crippen LogP contribution < -0.4 is 10.1 Å². The fourth-order valence-corrected chi connectivity index (χ4v) is 3.88. The van der Waals surface area contributed by atoms with Gasteiger partial charge in [0.25, 0.3) is 5.91 Å². The summed E-state index contributed by atoms with van der Waals surface area (Å²) in [4.78, 5) is 33.8. The summed E-state index contributed by atoms with van der Waals surface area (Å²) in [5.41, 5.74) is 1.64. The number of aromatic nitrogens is 2. The number of hydrogen-bond donors (Lipinski definition) is 1. The maximum Gasteiger partial charge on any atom is 0.423 e. The Balaban J connectivity index is 1.70. The summed E-state index contributed by atoms with van der Waals surface area (Å²) < 4.78 is 46.6. The molecule has 0 saturated heterocycles. The summed E-state index contributed by atoms with van der Waals surface area (Å²) >= 11 is 0. The van der Waals surface area contributed by atoms with Gasteiger partial charge >= 0.3 is 6.18 Å². The number of nitrogens with zero attached hydrogens (tertiary/aromatic N) is 3. The van der Waals surface area contributed by atoms with Crippen molar-refractivity contribution in [3.63, 3.8) is 0 Å². The van der Waals surface area contributed by atoms with Gasteiger partial charge in [-0.1, -0.05) is 19.1 Å². The van der Waals surface area contributed by atoms with Gasteiger partial charge in [-0.15, -0.1) is 0 Å². The summed E-state index contributed by atoms with van der Waals surface area (Å²) in [5.74, 6) is -1.15. The molecule has 0 radical (unpaired) electrons. The van der Waals surface area contributed by atoms with E-state index in [1.54, 1.807) is 44.4 Å². The molecule has 0 spiro atoms. The highest BCUT2D eigenvalue weighted by molar-refractivity contribution is 6.03. The Kier molecular flexibility index (Phi) is 6.47. The van der Waals surface area contributed by atoms with Crippen molar-refractivity contribution in [2.45, 2.75) is 32.4 Å². The van der Waals surface area contributed by atoms with Crippen LogP contribution in [0.4, 0.5) is 24.8 Å². The van der Waals surface area contributed by atoms with Gasteiger partial charge in [-0.2, -0.15) is 18.2 Å². The molecule has 2 aromatic carbocycles. The van der Waals surface area contributed by atoms with E-state index in [1.165, 1.54) is 11.0 Å². The molecule has 1 aliphatic carbocycles. The van der Waals surface area contributed by atoms with Gasteiger partial charge in [0, 0.05) is 38.0 Å². The summed E-state index contributed by atoms with van der Waals surface area (Å²) in [6.07, 6.45) is -2.77. The van der Waals surface area contributed by atoms with Crippen LogP contribution in [-0.4, -0.2) is 40.7 Å². The van der Waals surface area contributed by atoms with Crippen LogP contribution in [0.2, 0.25) is 0 Å². The molecule has 1 N–H and O–H groups in total. The molecule has 1 aliphatic rings.